The molecule has 3 aromatic rings. The number of hydroxylamine groups is 1. The van der Waals surface area contributed by atoms with Crippen molar-refractivity contribution in [2.45, 2.75) is 65.1 Å². The second-order valence-electron chi connectivity index (χ2n) is 11.9. The molecule has 3 amide bonds. The lowest BCUT2D eigenvalue weighted by Gasteiger charge is -2.33. The molecule has 0 aliphatic rings. The van der Waals surface area contributed by atoms with Crippen molar-refractivity contribution in [2.75, 3.05) is 6.61 Å². The summed E-state index contributed by atoms with van der Waals surface area (Å²) in [6.07, 6.45) is -0.650. The van der Waals surface area contributed by atoms with Gasteiger partial charge in [0, 0.05) is 0 Å². The Labute approximate surface area is 253 Å². The highest BCUT2D eigenvalue weighted by molar-refractivity contribution is 5.92. The fourth-order valence-electron chi connectivity index (χ4n) is 5.13. The predicted molar refractivity (Wildman–Crippen MR) is 165 cm³/mol. The molecule has 0 aromatic heterocycles. The third-order valence-corrected chi connectivity index (χ3v) is 7.57. The minimum atomic E-state index is -1.83. The van der Waals surface area contributed by atoms with Crippen LogP contribution in [0.5, 0.6) is 0 Å². The summed E-state index contributed by atoms with van der Waals surface area (Å²) in [7, 11) is 0. The molecule has 9 heteroatoms. The number of rotatable bonds is 13. The Morgan fingerprint density at radius 2 is 1.47 bits per heavy atom. The quantitative estimate of drug-likeness (QED) is 0.132. The molecule has 3 aromatic carbocycles. The Morgan fingerprint density at radius 3 is 2.02 bits per heavy atom. The first-order chi connectivity index (χ1) is 20.5. The van der Waals surface area contributed by atoms with Gasteiger partial charge in [-0.1, -0.05) is 99.6 Å². The molecule has 0 saturated heterocycles. The molecular formula is C34H43N3O6. The molecule has 6 N–H and O–H groups in total. The van der Waals surface area contributed by atoms with Crippen LogP contribution in [0.1, 0.15) is 56.3 Å². The molecule has 0 aliphatic carbocycles. The highest BCUT2D eigenvalue weighted by atomic mass is 16.5. The molecule has 9 nitrogen and oxygen atoms in total. The van der Waals surface area contributed by atoms with Crippen LogP contribution in [0.2, 0.25) is 0 Å². The summed E-state index contributed by atoms with van der Waals surface area (Å²) in [4.78, 5) is 39.1. The summed E-state index contributed by atoms with van der Waals surface area (Å²) in [5, 5.41) is 35.3. The van der Waals surface area contributed by atoms with Gasteiger partial charge in [0.2, 0.25) is 11.8 Å². The van der Waals surface area contributed by atoms with Crippen LogP contribution in [-0.4, -0.2) is 51.9 Å². The molecule has 3 rings (SSSR count). The lowest BCUT2D eigenvalue weighted by Crippen LogP contribution is -2.57. The van der Waals surface area contributed by atoms with Crippen LogP contribution in [0.4, 0.5) is 0 Å². The third-order valence-electron chi connectivity index (χ3n) is 7.57. The summed E-state index contributed by atoms with van der Waals surface area (Å²) < 4.78 is 0. The predicted octanol–water partition coefficient (Wildman–Crippen LogP) is 3.85. The Morgan fingerprint density at radius 1 is 0.837 bits per heavy atom. The molecule has 0 saturated carbocycles. The number of hydrogen-bond donors (Lipinski definition) is 6. The molecule has 0 fully saturated rings. The van der Waals surface area contributed by atoms with E-state index in [9.17, 15) is 24.6 Å². The molecule has 230 valence electrons. The Balaban J connectivity index is 1.73. The summed E-state index contributed by atoms with van der Waals surface area (Å²) in [5.41, 5.74) is 5.77. The number of amides is 3. The van der Waals surface area contributed by atoms with Gasteiger partial charge in [0.25, 0.3) is 5.91 Å². The van der Waals surface area contributed by atoms with E-state index in [1.54, 1.807) is 45.0 Å². The zero-order valence-corrected chi connectivity index (χ0v) is 25.2. The van der Waals surface area contributed by atoms with Gasteiger partial charge >= 0.3 is 0 Å². The molecule has 0 spiro atoms. The number of aliphatic hydroxyl groups excluding tert-OH is 2. The number of aryl methyl sites for hydroxylation is 2. The molecule has 0 aliphatic heterocycles. The second kappa shape index (κ2) is 15.4. The highest BCUT2D eigenvalue weighted by Gasteiger charge is 2.38. The Hall–Kier alpha value is -4.05. The van der Waals surface area contributed by atoms with Crippen LogP contribution in [0.3, 0.4) is 0 Å². The van der Waals surface area contributed by atoms with Crippen molar-refractivity contribution in [2.24, 2.45) is 11.3 Å². The monoisotopic (exact) mass is 589 g/mol. The van der Waals surface area contributed by atoms with Crippen LogP contribution >= 0.6 is 0 Å². The topological polar surface area (TPSA) is 148 Å². The van der Waals surface area contributed by atoms with Gasteiger partial charge in [0.15, 0.2) is 0 Å². The zero-order chi connectivity index (χ0) is 31.6. The van der Waals surface area contributed by atoms with Crippen molar-refractivity contribution in [3.8, 4) is 11.1 Å². The smallest absolute Gasteiger partial charge is 0.272 e. The summed E-state index contributed by atoms with van der Waals surface area (Å²) in [5.74, 6) is -3.54. The Kier molecular flexibility index (Phi) is 12.0. The van der Waals surface area contributed by atoms with Crippen LogP contribution in [0.15, 0.2) is 78.9 Å². The van der Waals surface area contributed by atoms with E-state index in [-0.39, 0.29) is 13.0 Å². The number of carbonyl (C=O) groups is 3. The van der Waals surface area contributed by atoms with E-state index in [0.29, 0.717) is 18.4 Å². The van der Waals surface area contributed by atoms with Crippen molar-refractivity contribution >= 4 is 17.7 Å². The average Bonchev–Trinajstić information content (AvgIpc) is 3.00. The maximum atomic E-state index is 13.5. The normalized spacial score (nSPS) is 14.2. The maximum absolute atomic E-state index is 13.5. The van der Waals surface area contributed by atoms with E-state index in [1.807, 2.05) is 37.3 Å². The van der Waals surface area contributed by atoms with E-state index < -0.39 is 47.2 Å². The standard InChI is InChI=1S/C34H43N3O6/c1-22-20-23(18-19-26(22)24-13-7-5-8-14-24)12-11-17-27(29(39)32(41)37-43)31(40)36-30(34(2,3)4)33(42)35-28(21-38)25-15-9-6-10-16-25/h5-10,13-16,18-20,27-30,38-39,43H,11-12,17,21H2,1-4H3,(H,35,42)(H,36,40)(H,37,41). The molecule has 0 heterocycles. The fraction of sp³-hybridized carbons (Fsp3) is 0.382. The van der Waals surface area contributed by atoms with Gasteiger partial charge in [-0.3, -0.25) is 19.6 Å². The number of carbonyl (C=O) groups excluding carboxylic acids is 3. The van der Waals surface area contributed by atoms with E-state index in [4.69, 9.17) is 5.21 Å². The van der Waals surface area contributed by atoms with Gasteiger partial charge in [-0.15, -0.1) is 0 Å². The van der Waals surface area contributed by atoms with E-state index in [2.05, 4.69) is 34.9 Å². The zero-order valence-electron chi connectivity index (χ0n) is 25.2. The minimum Gasteiger partial charge on any atom is -0.394 e. The Bertz CT molecular complexity index is 1360. The maximum Gasteiger partial charge on any atom is 0.272 e. The fourth-order valence-corrected chi connectivity index (χ4v) is 5.13. The van der Waals surface area contributed by atoms with Crippen LogP contribution in [-0.2, 0) is 20.8 Å². The summed E-state index contributed by atoms with van der Waals surface area (Å²) >= 11 is 0. The highest BCUT2D eigenvalue weighted by Crippen LogP contribution is 2.26. The summed E-state index contributed by atoms with van der Waals surface area (Å²) in [6, 6.07) is 23.5. The molecule has 4 atom stereocenters. The number of nitrogens with one attached hydrogen (secondary N) is 3. The van der Waals surface area contributed by atoms with Crippen LogP contribution in [0, 0.1) is 18.3 Å². The molecular weight excluding hydrogens is 546 g/mol. The van der Waals surface area contributed by atoms with Crippen molar-refractivity contribution in [3.63, 3.8) is 0 Å². The number of aliphatic hydroxyl groups is 2. The van der Waals surface area contributed by atoms with Crippen molar-refractivity contribution < 1.29 is 29.8 Å². The minimum absolute atomic E-state index is 0.127. The lowest BCUT2D eigenvalue weighted by atomic mass is 9.84. The first kappa shape index (κ1) is 33.5. The van der Waals surface area contributed by atoms with Crippen molar-refractivity contribution in [1.82, 2.24) is 16.1 Å². The van der Waals surface area contributed by atoms with Gasteiger partial charge in [0.1, 0.15) is 12.1 Å². The third kappa shape index (κ3) is 9.22. The van der Waals surface area contributed by atoms with E-state index in [0.717, 1.165) is 22.3 Å². The first-order valence-corrected chi connectivity index (χ1v) is 14.5. The van der Waals surface area contributed by atoms with Gasteiger partial charge in [-0.2, -0.15) is 0 Å². The average molecular weight is 590 g/mol. The molecule has 0 bridgehead atoms. The lowest BCUT2D eigenvalue weighted by molar-refractivity contribution is -0.147. The number of hydrogen-bond acceptors (Lipinski definition) is 6. The van der Waals surface area contributed by atoms with Gasteiger partial charge in [0.05, 0.1) is 18.6 Å². The van der Waals surface area contributed by atoms with Gasteiger partial charge in [-0.05, 0) is 59.4 Å². The second-order valence-corrected chi connectivity index (χ2v) is 11.9. The van der Waals surface area contributed by atoms with Crippen LogP contribution in [0.25, 0.3) is 11.1 Å². The molecule has 4 unspecified atom stereocenters. The number of benzene rings is 3. The van der Waals surface area contributed by atoms with Crippen molar-refractivity contribution in [1.29, 1.82) is 0 Å². The van der Waals surface area contributed by atoms with Gasteiger partial charge < -0.3 is 20.8 Å². The van der Waals surface area contributed by atoms with Crippen molar-refractivity contribution in [3.05, 3.63) is 95.6 Å². The first-order valence-electron chi connectivity index (χ1n) is 14.5. The largest absolute Gasteiger partial charge is 0.394 e. The summed E-state index contributed by atoms with van der Waals surface area (Å²) in [6.45, 7) is 7.03. The molecule has 0 radical (unpaired) electrons. The van der Waals surface area contributed by atoms with E-state index in [1.165, 1.54) is 5.48 Å². The SMILES string of the molecule is Cc1cc(CCCC(C(=O)NC(C(=O)NC(CO)c2ccccc2)C(C)(C)C)C(O)C(=O)NO)ccc1-c1ccccc1. The van der Waals surface area contributed by atoms with Gasteiger partial charge in [-0.25, -0.2) is 5.48 Å². The molecule has 43 heavy (non-hydrogen) atoms. The van der Waals surface area contributed by atoms with E-state index >= 15 is 0 Å². The van der Waals surface area contributed by atoms with Crippen LogP contribution < -0.4 is 16.1 Å².